The van der Waals surface area contributed by atoms with Crippen LogP contribution >= 0.6 is 0 Å². The van der Waals surface area contributed by atoms with E-state index in [-0.39, 0.29) is 24.4 Å². The van der Waals surface area contributed by atoms with Crippen molar-refractivity contribution in [3.63, 3.8) is 0 Å². The Kier molecular flexibility index (Phi) is 4.46. The summed E-state index contributed by atoms with van der Waals surface area (Å²) in [7, 11) is 0. The molecule has 4 aliphatic rings. The molecule has 3 fully saturated rings. The summed E-state index contributed by atoms with van der Waals surface area (Å²) in [6.45, 7) is 8.84. The molecule has 0 saturated carbocycles. The lowest BCUT2D eigenvalue weighted by Crippen LogP contribution is -2.56. The number of benzene rings is 1. The van der Waals surface area contributed by atoms with E-state index in [9.17, 15) is 0 Å². The van der Waals surface area contributed by atoms with Gasteiger partial charge in [-0.25, -0.2) is 0 Å². The average molecular weight is 391 g/mol. The molecule has 3 unspecified atom stereocenters. The molecule has 28 heavy (non-hydrogen) atoms. The molecule has 3 saturated heterocycles. The third-order valence-electron chi connectivity index (χ3n) is 5.71. The molecule has 154 valence electrons. The summed E-state index contributed by atoms with van der Waals surface area (Å²) in [5.41, 5.74) is 2.44. The number of hydrogen-bond donors (Lipinski definition) is 0. The molecule has 0 aliphatic carbocycles. The second-order valence-corrected chi connectivity index (χ2v) is 8.84. The SMILES string of the molecule is CC1(C)OC2C3OC(C)(C)O[C@H]3C(CON3CCCc4ccccc43)O[C@@H]2O1. The number of para-hydroxylation sites is 1. The van der Waals surface area contributed by atoms with Crippen LogP contribution in [-0.2, 0) is 34.9 Å². The van der Waals surface area contributed by atoms with Gasteiger partial charge < -0.3 is 23.7 Å². The molecule has 5 rings (SSSR count). The first-order valence-electron chi connectivity index (χ1n) is 10.2. The number of anilines is 1. The molecule has 1 aromatic rings. The molecule has 4 heterocycles. The molecule has 0 amide bonds. The summed E-state index contributed by atoms with van der Waals surface area (Å²) in [5, 5.41) is 1.97. The second kappa shape index (κ2) is 6.65. The Morgan fingerprint density at radius 1 is 0.964 bits per heavy atom. The van der Waals surface area contributed by atoms with Crippen molar-refractivity contribution in [3.05, 3.63) is 29.8 Å². The van der Waals surface area contributed by atoms with Gasteiger partial charge in [-0.15, -0.1) is 0 Å². The van der Waals surface area contributed by atoms with Crippen LogP contribution in [0.2, 0.25) is 0 Å². The molecule has 0 N–H and O–H groups in total. The maximum absolute atomic E-state index is 6.23. The fourth-order valence-corrected chi connectivity index (χ4v) is 4.62. The minimum atomic E-state index is -0.711. The van der Waals surface area contributed by atoms with Crippen molar-refractivity contribution in [2.24, 2.45) is 0 Å². The van der Waals surface area contributed by atoms with E-state index in [1.807, 2.05) is 38.8 Å². The van der Waals surface area contributed by atoms with E-state index >= 15 is 0 Å². The molecule has 0 aromatic heterocycles. The molecule has 5 atom stereocenters. The van der Waals surface area contributed by atoms with Gasteiger partial charge in [0.1, 0.15) is 31.0 Å². The van der Waals surface area contributed by atoms with Crippen molar-refractivity contribution in [1.29, 1.82) is 0 Å². The van der Waals surface area contributed by atoms with E-state index in [4.69, 9.17) is 28.5 Å². The second-order valence-electron chi connectivity index (χ2n) is 8.84. The number of hydrogen-bond acceptors (Lipinski definition) is 7. The fraction of sp³-hybridized carbons (Fsp3) is 0.714. The van der Waals surface area contributed by atoms with Crippen LogP contribution in [0.1, 0.15) is 39.7 Å². The summed E-state index contributed by atoms with van der Waals surface area (Å²) in [4.78, 5) is 6.20. The fourth-order valence-electron chi connectivity index (χ4n) is 4.62. The van der Waals surface area contributed by atoms with Gasteiger partial charge in [0.05, 0.1) is 5.69 Å². The lowest BCUT2D eigenvalue weighted by Gasteiger charge is -2.38. The largest absolute Gasteiger partial charge is 0.342 e. The smallest absolute Gasteiger partial charge is 0.190 e. The number of hydroxylamine groups is 1. The highest BCUT2D eigenvalue weighted by Gasteiger charge is 2.60. The molecule has 0 bridgehead atoms. The van der Waals surface area contributed by atoms with Crippen LogP contribution in [0.3, 0.4) is 0 Å². The summed E-state index contributed by atoms with van der Waals surface area (Å²) in [5.74, 6) is -1.41. The quantitative estimate of drug-likeness (QED) is 0.785. The Morgan fingerprint density at radius 3 is 2.54 bits per heavy atom. The van der Waals surface area contributed by atoms with Gasteiger partial charge >= 0.3 is 0 Å². The van der Waals surface area contributed by atoms with Crippen LogP contribution in [0, 0.1) is 0 Å². The lowest BCUT2D eigenvalue weighted by molar-refractivity contribution is -0.243. The number of aryl methyl sites for hydroxylation is 1. The van der Waals surface area contributed by atoms with Crippen LogP contribution in [0.25, 0.3) is 0 Å². The Morgan fingerprint density at radius 2 is 1.68 bits per heavy atom. The molecule has 0 spiro atoms. The molecular weight excluding hydrogens is 362 g/mol. The Balaban J connectivity index is 1.33. The Hall–Kier alpha value is -1.22. The number of rotatable bonds is 3. The highest BCUT2D eigenvalue weighted by molar-refractivity contribution is 5.53. The molecule has 0 radical (unpaired) electrons. The van der Waals surface area contributed by atoms with E-state index in [0.717, 1.165) is 25.1 Å². The van der Waals surface area contributed by atoms with Crippen LogP contribution in [0.15, 0.2) is 24.3 Å². The van der Waals surface area contributed by atoms with E-state index in [1.54, 1.807) is 0 Å². The van der Waals surface area contributed by atoms with Crippen molar-refractivity contribution < 1.29 is 28.5 Å². The van der Waals surface area contributed by atoms with Crippen molar-refractivity contribution in [2.45, 2.75) is 82.8 Å². The van der Waals surface area contributed by atoms with E-state index in [0.29, 0.717) is 6.61 Å². The number of fused-ring (bicyclic) bond motifs is 4. The molecule has 1 aromatic carbocycles. The topological polar surface area (TPSA) is 58.6 Å². The highest BCUT2D eigenvalue weighted by atomic mass is 16.9. The lowest BCUT2D eigenvalue weighted by atomic mass is 9.99. The summed E-state index contributed by atoms with van der Waals surface area (Å²) < 4.78 is 30.6. The maximum atomic E-state index is 6.23. The average Bonchev–Trinajstić information content (AvgIpc) is 3.13. The van der Waals surface area contributed by atoms with E-state index < -0.39 is 17.9 Å². The zero-order valence-corrected chi connectivity index (χ0v) is 16.9. The van der Waals surface area contributed by atoms with Crippen molar-refractivity contribution in [1.82, 2.24) is 0 Å². The first-order valence-corrected chi connectivity index (χ1v) is 10.2. The summed E-state index contributed by atoms with van der Waals surface area (Å²) in [6.07, 6.45) is 0.517. The van der Waals surface area contributed by atoms with Crippen LogP contribution in [-0.4, -0.2) is 55.4 Å². The third-order valence-corrected chi connectivity index (χ3v) is 5.71. The van der Waals surface area contributed by atoms with Gasteiger partial charge in [-0.1, -0.05) is 18.2 Å². The van der Waals surface area contributed by atoms with Gasteiger partial charge in [0, 0.05) is 6.54 Å². The van der Waals surface area contributed by atoms with Gasteiger partial charge in [0.15, 0.2) is 17.9 Å². The van der Waals surface area contributed by atoms with Crippen molar-refractivity contribution >= 4 is 5.69 Å². The van der Waals surface area contributed by atoms with E-state index in [2.05, 4.69) is 18.2 Å². The normalized spacial score (nSPS) is 38.0. The summed E-state index contributed by atoms with van der Waals surface area (Å²) >= 11 is 0. The summed E-state index contributed by atoms with van der Waals surface area (Å²) in [6, 6.07) is 8.37. The van der Waals surface area contributed by atoms with Crippen LogP contribution in [0.4, 0.5) is 5.69 Å². The van der Waals surface area contributed by atoms with Gasteiger partial charge in [-0.3, -0.25) is 9.90 Å². The van der Waals surface area contributed by atoms with Gasteiger partial charge in [-0.2, -0.15) is 0 Å². The van der Waals surface area contributed by atoms with Crippen LogP contribution in [0.5, 0.6) is 0 Å². The number of ether oxygens (including phenoxy) is 5. The molecular formula is C21H29NO6. The Labute approximate surface area is 165 Å². The van der Waals surface area contributed by atoms with Crippen molar-refractivity contribution in [3.8, 4) is 0 Å². The predicted molar refractivity (Wildman–Crippen MR) is 101 cm³/mol. The number of nitrogens with zero attached hydrogens (tertiary/aromatic N) is 1. The first-order chi connectivity index (χ1) is 13.3. The zero-order chi connectivity index (χ0) is 19.5. The standard InChI is InChI=1S/C21H29NO6/c1-20(2)25-16-15(24-19-18(17(16)26-20)27-21(3,4)28-19)12-23-22-11-7-9-13-8-5-6-10-14(13)22/h5-6,8,10,15-19H,7,9,11-12H2,1-4H3/t15?,16-,17?,18?,19+/m0/s1. The monoisotopic (exact) mass is 391 g/mol. The molecule has 7 heteroatoms. The predicted octanol–water partition coefficient (Wildman–Crippen LogP) is 2.77. The molecule has 4 aliphatic heterocycles. The van der Waals surface area contributed by atoms with Gasteiger partial charge in [-0.05, 0) is 52.2 Å². The minimum absolute atomic E-state index is 0.252. The maximum Gasteiger partial charge on any atom is 0.190 e. The van der Waals surface area contributed by atoms with Gasteiger partial charge in [0.25, 0.3) is 0 Å². The Bertz CT molecular complexity index is 737. The molecule has 7 nitrogen and oxygen atoms in total. The van der Waals surface area contributed by atoms with Crippen LogP contribution < -0.4 is 5.06 Å². The minimum Gasteiger partial charge on any atom is -0.342 e. The zero-order valence-electron chi connectivity index (χ0n) is 16.9. The van der Waals surface area contributed by atoms with Gasteiger partial charge in [0.2, 0.25) is 0 Å². The first kappa shape index (κ1) is 18.8. The van der Waals surface area contributed by atoms with E-state index in [1.165, 1.54) is 5.56 Å². The highest BCUT2D eigenvalue weighted by Crippen LogP contribution is 2.44. The third kappa shape index (κ3) is 3.34. The van der Waals surface area contributed by atoms with Crippen molar-refractivity contribution in [2.75, 3.05) is 18.2 Å².